The molecule has 1 saturated heterocycles. The Bertz CT molecular complexity index is 946. The maximum Gasteiger partial charge on any atom is 0.325 e. The monoisotopic (exact) mass is 423 g/mol. The van der Waals surface area contributed by atoms with Gasteiger partial charge in [0.05, 0.1) is 12.4 Å². The molecule has 1 spiro atoms. The van der Waals surface area contributed by atoms with Crippen LogP contribution in [-0.4, -0.2) is 44.4 Å². The number of carbonyl (C=O) groups excluding carboxylic acids is 3. The van der Waals surface area contributed by atoms with Crippen molar-refractivity contribution in [3.05, 3.63) is 48.5 Å². The number of hydrogen-bond acceptors (Lipinski definition) is 4. The fraction of sp³-hybridized carbons (Fsp3) is 0.478. The molecule has 1 aliphatic carbocycles. The van der Waals surface area contributed by atoms with Gasteiger partial charge in [-0.1, -0.05) is 25.5 Å². The van der Waals surface area contributed by atoms with Crippen LogP contribution in [0.5, 0.6) is 0 Å². The van der Waals surface area contributed by atoms with E-state index in [2.05, 4.69) is 22.5 Å². The summed E-state index contributed by atoms with van der Waals surface area (Å²) in [5.41, 5.74) is 1.09. The van der Waals surface area contributed by atoms with Crippen molar-refractivity contribution in [2.45, 2.75) is 57.5 Å². The molecule has 4 rings (SSSR count). The van der Waals surface area contributed by atoms with Crippen LogP contribution >= 0.6 is 0 Å². The van der Waals surface area contributed by atoms with E-state index in [-0.39, 0.29) is 24.4 Å². The molecule has 0 bridgehead atoms. The number of nitrogens with one attached hydrogen (secondary N) is 2. The Morgan fingerprint density at radius 2 is 1.97 bits per heavy atom. The first kappa shape index (κ1) is 21.1. The quantitative estimate of drug-likeness (QED) is 0.698. The number of urea groups is 1. The van der Waals surface area contributed by atoms with Gasteiger partial charge in [0.1, 0.15) is 12.1 Å². The molecule has 0 radical (unpaired) electrons. The molecule has 2 heterocycles. The summed E-state index contributed by atoms with van der Waals surface area (Å²) in [6.07, 6.45) is 9.53. The second-order valence-corrected chi connectivity index (χ2v) is 8.61. The Labute approximate surface area is 182 Å². The maximum absolute atomic E-state index is 13.0. The van der Waals surface area contributed by atoms with Crippen molar-refractivity contribution in [2.24, 2.45) is 5.92 Å². The van der Waals surface area contributed by atoms with E-state index in [1.165, 1.54) is 0 Å². The molecular formula is C23H29N5O3. The Morgan fingerprint density at radius 3 is 2.58 bits per heavy atom. The van der Waals surface area contributed by atoms with Crippen LogP contribution in [0.1, 0.15) is 57.6 Å². The van der Waals surface area contributed by atoms with Crippen LogP contribution in [0.4, 0.5) is 4.79 Å². The van der Waals surface area contributed by atoms with Crippen LogP contribution in [0.2, 0.25) is 0 Å². The van der Waals surface area contributed by atoms with E-state index in [4.69, 9.17) is 0 Å². The van der Waals surface area contributed by atoms with Crippen LogP contribution in [0, 0.1) is 5.92 Å². The lowest BCUT2D eigenvalue weighted by atomic mass is 9.75. The Balaban J connectivity index is 1.35. The predicted octanol–water partition coefficient (Wildman–Crippen LogP) is 2.94. The number of rotatable bonds is 6. The summed E-state index contributed by atoms with van der Waals surface area (Å²) in [5, 5.41) is 5.77. The van der Waals surface area contributed by atoms with E-state index >= 15 is 0 Å². The van der Waals surface area contributed by atoms with Crippen molar-refractivity contribution >= 4 is 17.8 Å². The molecule has 1 aromatic carbocycles. The molecule has 8 nitrogen and oxygen atoms in total. The Morgan fingerprint density at radius 1 is 1.26 bits per heavy atom. The normalized spacial score (nSPS) is 24.3. The fourth-order valence-corrected chi connectivity index (χ4v) is 4.60. The third-order valence-electron chi connectivity index (χ3n) is 6.66. The van der Waals surface area contributed by atoms with Gasteiger partial charge in [0.25, 0.3) is 5.91 Å². The van der Waals surface area contributed by atoms with E-state index < -0.39 is 11.6 Å². The number of benzene rings is 1. The zero-order valence-electron chi connectivity index (χ0n) is 18.0. The SMILES string of the molecule is CCC1CCC2(CC1)NC(=O)N(CC(=O)N[C@@H](C)c1ccc(-n3ccnc3)cc1)C2=O. The van der Waals surface area contributed by atoms with Crippen LogP contribution in [0.15, 0.2) is 43.0 Å². The van der Waals surface area contributed by atoms with Crippen LogP contribution < -0.4 is 10.6 Å². The Kier molecular flexibility index (Phi) is 5.80. The molecule has 0 unspecified atom stereocenters. The molecule has 1 aromatic heterocycles. The molecule has 2 fully saturated rings. The topological polar surface area (TPSA) is 96.3 Å². The summed E-state index contributed by atoms with van der Waals surface area (Å²) in [4.78, 5) is 43.1. The van der Waals surface area contributed by atoms with Crippen molar-refractivity contribution in [1.29, 1.82) is 0 Å². The van der Waals surface area contributed by atoms with Gasteiger partial charge in [0.15, 0.2) is 0 Å². The van der Waals surface area contributed by atoms with Gasteiger partial charge in [-0.05, 0) is 56.2 Å². The zero-order valence-corrected chi connectivity index (χ0v) is 18.0. The van der Waals surface area contributed by atoms with E-state index in [9.17, 15) is 14.4 Å². The maximum atomic E-state index is 13.0. The minimum Gasteiger partial charge on any atom is -0.348 e. The molecule has 2 N–H and O–H groups in total. The summed E-state index contributed by atoms with van der Waals surface area (Å²) in [7, 11) is 0. The highest BCUT2D eigenvalue weighted by Gasteiger charge is 2.52. The van der Waals surface area contributed by atoms with Gasteiger partial charge in [-0.15, -0.1) is 0 Å². The van der Waals surface area contributed by atoms with Crippen molar-refractivity contribution in [3.63, 3.8) is 0 Å². The smallest absolute Gasteiger partial charge is 0.325 e. The average Bonchev–Trinajstić information content (AvgIpc) is 3.38. The van der Waals surface area contributed by atoms with Crippen LogP contribution in [0.25, 0.3) is 5.69 Å². The minimum absolute atomic E-state index is 0.251. The minimum atomic E-state index is -0.822. The summed E-state index contributed by atoms with van der Waals surface area (Å²) < 4.78 is 1.90. The summed E-state index contributed by atoms with van der Waals surface area (Å²) in [6, 6.07) is 7.07. The van der Waals surface area contributed by atoms with Crippen LogP contribution in [0.3, 0.4) is 0 Å². The number of aromatic nitrogens is 2. The summed E-state index contributed by atoms with van der Waals surface area (Å²) in [5.74, 6) is -0.0118. The van der Waals surface area contributed by atoms with E-state index in [0.717, 1.165) is 35.4 Å². The third-order valence-corrected chi connectivity index (χ3v) is 6.66. The van der Waals surface area contributed by atoms with Crippen molar-refractivity contribution in [3.8, 4) is 5.69 Å². The van der Waals surface area contributed by atoms with Gasteiger partial charge in [-0.3, -0.25) is 14.5 Å². The highest BCUT2D eigenvalue weighted by Crippen LogP contribution is 2.37. The van der Waals surface area contributed by atoms with Gasteiger partial charge >= 0.3 is 6.03 Å². The number of nitrogens with zero attached hydrogens (tertiary/aromatic N) is 3. The predicted molar refractivity (Wildman–Crippen MR) is 115 cm³/mol. The molecule has 1 aliphatic heterocycles. The van der Waals surface area contributed by atoms with Gasteiger partial charge < -0.3 is 15.2 Å². The Hall–Kier alpha value is -3.16. The van der Waals surface area contributed by atoms with Crippen molar-refractivity contribution < 1.29 is 14.4 Å². The second-order valence-electron chi connectivity index (χ2n) is 8.61. The first-order valence-corrected chi connectivity index (χ1v) is 10.9. The highest BCUT2D eigenvalue weighted by atomic mass is 16.2. The van der Waals surface area contributed by atoms with Gasteiger partial charge in [-0.25, -0.2) is 9.78 Å². The second kappa shape index (κ2) is 8.53. The van der Waals surface area contributed by atoms with E-state index in [1.807, 2.05) is 42.0 Å². The molecule has 164 valence electrons. The van der Waals surface area contributed by atoms with Gasteiger partial charge in [-0.2, -0.15) is 0 Å². The number of imidazole rings is 1. The highest BCUT2D eigenvalue weighted by molar-refractivity contribution is 6.09. The third kappa shape index (κ3) is 4.19. The molecule has 2 aromatic rings. The fourth-order valence-electron chi connectivity index (χ4n) is 4.60. The lowest BCUT2D eigenvalue weighted by Crippen LogP contribution is -2.50. The number of hydrogen-bond donors (Lipinski definition) is 2. The first-order valence-electron chi connectivity index (χ1n) is 10.9. The standard InChI is InChI=1S/C23H29N5O3/c1-3-17-8-10-23(11-9-17)21(30)28(22(31)26-23)14-20(29)25-16(2)18-4-6-19(7-5-18)27-13-12-24-15-27/h4-7,12-13,15-17H,3,8-11,14H2,1-2H3,(H,25,29)(H,26,31)/t16-,17?,23?/m0/s1. The molecule has 4 amide bonds. The molecule has 1 saturated carbocycles. The average molecular weight is 424 g/mol. The van der Waals surface area contributed by atoms with Gasteiger partial charge in [0, 0.05) is 18.1 Å². The number of carbonyl (C=O) groups is 3. The van der Waals surface area contributed by atoms with Crippen LogP contribution in [-0.2, 0) is 9.59 Å². The zero-order chi connectivity index (χ0) is 22.0. The van der Waals surface area contributed by atoms with Gasteiger partial charge in [0.2, 0.25) is 5.91 Å². The molecule has 31 heavy (non-hydrogen) atoms. The largest absolute Gasteiger partial charge is 0.348 e. The molecular weight excluding hydrogens is 394 g/mol. The molecule has 8 heteroatoms. The summed E-state index contributed by atoms with van der Waals surface area (Å²) in [6.45, 7) is 3.77. The van der Waals surface area contributed by atoms with E-state index in [1.54, 1.807) is 12.5 Å². The molecule has 2 aliphatic rings. The lowest BCUT2D eigenvalue weighted by Gasteiger charge is -2.34. The van der Waals surface area contributed by atoms with Crippen molar-refractivity contribution in [2.75, 3.05) is 6.54 Å². The molecule has 1 atom stereocenters. The number of imide groups is 1. The first-order chi connectivity index (χ1) is 14.9. The van der Waals surface area contributed by atoms with E-state index in [0.29, 0.717) is 18.8 Å². The lowest BCUT2D eigenvalue weighted by molar-refractivity contribution is -0.136. The van der Waals surface area contributed by atoms with Crippen molar-refractivity contribution in [1.82, 2.24) is 25.1 Å². The summed E-state index contributed by atoms with van der Waals surface area (Å²) >= 11 is 0. The number of amides is 4.